The third-order valence-corrected chi connectivity index (χ3v) is 5.76. The Kier molecular flexibility index (Phi) is 6.60. The van der Waals surface area contributed by atoms with Gasteiger partial charge in [-0.25, -0.2) is 14.8 Å². The molecule has 8 nitrogen and oxygen atoms in total. The molecule has 2 aliphatic rings. The fraction of sp³-hybridized carbons (Fsp3) is 0.500. The van der Waals surface area contributed by atoms with Crippen LogP contribution in [0, 0.1) is 5.92 Å². The second-order valence-electron chi connectivity index (χ2n) is 8.19. The number of halogens is 1. The lowest BCUT2D eigenvalue weighted by atomic mass is 10.0. The van der Waals surface area contributed by atoms with Crippen molar-refractivity contribution in [3.8, 4) is 23.0 Å². The van der Waals surface area contributed by atoms with Gasteiger partial charge in [-0.15, -0.1) is 0 Å². The second-order valence-corrected chi connectivity index (χ2v) is 8.63. The molecule has 2 heterocycles. The number of hydrogen-bond donors (Lipinski definition) is 2. The van der Waals surface area contributed by atoms with Crippen LogP contribution in [-0.4, -0.2) is 52.6 Å². The fourth-order valence-corrected chi connectivity index (χ4v) is 3.62. The quantitative estimate of drug-likeness (QED) is 0.637. The van der Waals surface area contributed by atoms with Crippen LogP contribution in [0.3, 0.4) is 0 Å². The van der Waals surface area contributed by atoms with Crippen molar-refractivity contribution in [1.29, 1.82) is 0 Å². The molecule has 1 saturated heterocycles. The highest BCUT2D eigenvalue weighted by Gasteiger charge is 2.40. The van der Waals surface area contributed by atoms with Crippen LogP contribution in [0.15, 0.2) is 30.5 Å². The lowest BCUT2D eigenvalue weighted by Gasteiger charge is -2.22. The van der Waals surface area contributed by atoms with Crippen molar-refractivity contribution in [3.05, 3.63) is 35.5 Å². The summed E-state index contributed by atoms with van der Waals surface area (Å²) in [4.78, 5) is 20.9. The SMILES string of the molecule is C[C@](O)(CNC(=O)Oc1cnc(OC[C@@H]2CCCO2)c(-c2ccc(Cl)cc2)n1)C1CC1. The van der Waals surface area contributed by atoms with Gasteiger partial charge in [0.25, 0.3) is 0 Å². The van der Waals surface area contributed by atoms with E-state index in [1.165, 1.54) is 6.20 Å². The highest BCUT2D eigenvalue weighted by molar-refractivity contribution is 6.30. The molecule has 9 heteroatoms. The predicted octanol–water partition coefficient (Wildman–Crippen LogP) is 3.60. The highest BCUT2D eigenvalue weighted by Crippen LogP contribution is 2.39. The number of carbonyl (C=O) groups excluding carboxylic acids is 1. The summed E-state index contributed by atoms with van der Waals surface area (Å²) in [6.07, 6.45) is 4.55. The normalized spacial score (nSPS) is 20.2. The number of aromatic nitrogens is 2. The van der Waals surface area contributed by atoms with E-state index in [-0.39, 0.29) is 24.4 Å². The molecular formula is C22H26ClN3O5. The number of hydrogen-bond acceptors (Lipinski definition) is 7. The van der Waals surface area contributed by atoms with Gasteiger partial charge in [0.15, 0.2) is 0 Å². The van der Waals surface area contributed by atoms with Gasteiger partial charge in [0, 0.05) is 23.7 Å². The van der Waals surface area contributed by atoms with E-state index in [1.54, 1.807) is 31.2 Å². The predicted molar refractivity (Wildman–Crippen MR) is 114 cm³/mol. The van der Waals surface area contributed by atoms with Crippen LogP contribution < -0.4 is 14.8 Å². The van der Waals surface area contributed by atoms with Crippen LogP contribution in [0.4, 0.5) is 4.79 Å². The van der Waals surface area contributed by atoms with Gasteiger partial charge in [-0.3, -0.25) is 0 Å². The monoisotopic (exact) mass is 447 g/mol. The Morgan fingerprint density at radius 2 is 2.10 bits per heavy atom. The zero-order valence-electron chi connectivity index (χ0n) is 17.3. The maximum absolute atomic E-state index is 12.2. The zero-order chi connectivity index (χ0) is 21.8. The van der Waals surface area contributed by atoms with E-state index in [0.717, 1.165) is 37.9 Å². The summed E-state index contributed by atoms with van der Waals surface area (Å²) in [5.74, 6) is 0.560. The van der Waals surface area contributed by atoms with Gasteiger partial charge in [0.2, 0.25) is 11.8 Å². The first-order valence-electron chi connectivity index (χ1n) is 10.5. The van der Waals surface area contributed by atoms with Gasteiger partial charge in [-0.2, -0.15) is 0 Å². The second kappa shape index (κ2) is 9.38. The first kappa shape index (κ1) is 21.8. The zero-order valence-corrected chi connectivity index (χ0v) is 18.1. The minimum Gasteiger partial charge on any atom is -0.473 e. The minimum atomic E-state index is -0.945. The maximum Gasteiger partial charge on any atom is 0.414 e. The van der Waals surface area contributed by atoms with E-state index in [4.69, 9.17) is 25.8 Å². The topological polar surface area (TPSA) is 103 Å². The van der Waals surface area contributed by atoms with Crippen molar-refractivity contribution >= 4 is 17.7 Å². The number of carbonyl (C=O) groups is 1. The van der Waals surface area contributed by atoms with Gasteiger partial charge in [0.05, 0.1) is 17.9 Å². The number of nitrogens with zero attached hydrogens (tertiary/aromatic N) is 2. The first-order chi connectivity index (χ1) is 14.9. The molecule has 4 rings (SSSR count). The largest absolute Gasteiger partial charge is 0.473 e. The van der Waals surface area contributed by atoms with Crippen LogP contribution in [-0.2, 0) is 4.74 Å². The molecule has 166 valence electrons. The Morgan fingerprint density at radius 1 is 1.32 bits per heavy atom. The average Bonchev–Trinajstić information content (AvgIpc) is 3.50. The molecule has 31 heavy (non-hydrogen) atoms. The van der Waals surface area contributed by atoms with Crippen LogP contribution in [0.1, 0.15) is 32.6 Å². The van der Waals surface area contributed by atoms with E-state index in [1.807, 2.05) is 0 Å². The third-order valence-electron chi connectivity index (χ3n) is 5.51. The van der Waals surface area contributed by atoms with Gasteiger partial charge in [-0.05, 0) is 50.7 Å². The van der Waals surface area contributed by atoms with Gasteiger partial charge in [-0.1, -0.05) is 23.7 Å². The summed E-state index contributed by atoms with van der Waals surface area (Å²) in [6.45, 7) is 2.92. The first-order valence-corrected chi connectivity index (χ1v) is 10.8. The molecule has 1 saturated carbocycles. The fourth-order valence-electron chi connectivity index (χ4n) is 3.49. The highest BCUT2D eigenvalue weighted by atomic mass is 35.5. The molecule has 1 aliphatic heterocycles. The van der Waals surface area contributed by atoms with Crippen LogP contribution in [0.5, 0.6) is 11.8 Å². The molecule has 2 atom stereocenters. The summed E-state index contributed by atoms with van der Waals surface area (Å²) in [7, 11) is 0. The lowest BCUT2D eigenvalue weighted by Crippen LogP contribution is -2.43. The molecule has 0 unspecified atom stereocenters. The average molecular weight is 448 g/mol. The van der Waals surface area contributed by atoms with Gasteiger partial charge < -0.3 is 24.6 Å². The molecule has 1 amide bonds. The van der Waals surface area contributed by atoms with Crippen LogP contribution in [0.2, 0.25) is 5.02 Å². The van der Waals surface area contributed by atoms with Crippen molar-refractivity contribution in [2.45, 2.75) is 44.3 Å². The van der Waals surface area contributed by atoms with Crippen molar-refractivity contribution in [3.63, 3.8) is 0 Å². The van der Waals surface area contributed by atoms with Crippen molar-refractivity contribution in [2.24, 2.45) is 5.92 Å². The Labute approximate surface area is 185 Å². The Balaban J connectivity index is 1.46. The number of nitrogens with one attached hydrogen (secondary N) is 1. The molecular weight excluding hydrogens is 422 g/mol. The molecule has 1 aromatic carbocycles. The van der Waals surface area contributed by atoms with E-state index in [0.29, 0.717) is 23.2 Å². The van der Waals surface area contributed by atoms with E-state index < -0.39 is 11.7 Å². The smallest absolute Gasteiger partial charge is 0.414 e. The molecule has 2 N–H and O–H groups in total. The number of ether oxygens (including phenoxy) is 3. The minimum absolute atomic E-state index is 0.0259. The van der Waals surface area contributed by atoms with Gasteiger partial charge in [0.1, 0.15) is 12.3 Å². The summed E-state index contributed by atoms with van der Waals surface area (Å²) >= 11 is 6.00. The third kappa shape index (κ3) is 5.84. The lowest BCUT2D eigenvalue weighted by molar-refractivity contribution is 0.0376. The van der Waals surface area contributed by atoms with Crippen molar-refractivity contribution in [2.75, 3.05) is 19.8 Å². The Bertz CT molecular complexity index is 912. The summed E-state index contributed by atoms with van der Waals surface area (Å²) in [6, 6.07) is 7.06. The standard InChI is InChI=1S/C22H26ClN3O5/c1-22(28,15-6-7-15)13-25-21(27)31-18-11-24-20(30-12-17-3-2-10-29-17)19(26-18)14-4-8-16(23)9-5-14/h4-5,8-9,11,15,17,28H,2-3,6-7,10,12-13H2,1H3,(H,25,27)/t17-,22-/m0/s1. The number of rotatable bonds is 8. The van der Waals surface area contributed by atoms with E-state index >= 15 is 0 Å². The Morgan fingerprint density at radius 3 is 2.77 bits per heavy atom. The molecule has 2 fully saturated rings. The number of amides is 1. The van der Waals surface area contributed by atoms with Gasteiger partial charge >= 0.3 is 6.09 Å². The van der Waals surface area contributed by atoms with E-state index in [9.17, 15) is 9.90 Å². The van der Waals surface area contributed by atoms with Crippen molar-refractivity contribution < 1.29 is 24.1 Å². The van der Waals surface area contributed by atoms with E-state index in [2.05, 4.69) is 15.3 Å². The van der Waals surface area contributed by atoms with Crippen LogP contribution in [0.25, 0.3) is 11.3 Å². The molecule has 1 aromatic heterocycles. The van der Waals surface area contributed by atoms with Crippen LogP contribution >= 0.6 is 11.6 Å². The molecule has 2 aromatic rings. The summed E-state index contributed by atoms with van der Waals surface area (Å²) < 4.78 is 16.8. The maximum atomic E-state index is 12.2. The Hall–Kier alpha value is -2.42. The molecule has 1 aliphatic carbocycles. The summed E-state index contributed by atoms with van der Waals surface area (Å²) in [5, 5.41) is 13.5. The molecule has 0 bridgehead atoms. The number of benzene rings is 1. The summed E-state index contributed by atoms with van der Waals surface area (Å²) in [5.41, 5.74) is 0.214. The molecule has 0 spiro atoms. The number of aliphatic hydroxyl groups is 1. The molecule has 0 radical (unpaired) electrons. The van der Waals surface area contributed by atoms with Crippen molar-refractivity contribution in [1.82, 2.24) is 15.3 Å².